The summed E-state index contributed by atoms with van der Waals surface area (Å²) in [6.45, 7) is 2.45. The van der Waals surface area contributed by atoms with Crippen LogP contribution < -0.4 is 9.46 Å². The van der Waals surface area contributed by atoms with Crippen molar-refractivity contribution >= 4 is 16.3 Å². The molecule has 1 aromatic rings. The molecule has 142 valence electrons. The van der Waals surface area contributed by atoms with Crippen LogP contribution in [0.5, 0.6) is 5.75 Å². The van der Waals surface area contributed by atoms with Gasteiger partial charge in [-0.25, -0.2) is 0 Å². The van der Waals surface area contributed by atoms with Gasteiger partial charge in [-0.05, 0) is 37.8 Å². The van der Waals surface area contributed by atoms with Gasteiger partial charge in [-0.1, -0.05) is 16.3 Å². The summed E-state index contributed by atoms with van der Waals surface area (Å²) in [4.78, 5) is 14.9. The second kappa shape index (κ2) is 6.92. The summed E-state index contributed by atoms with van der Waals surface area (Å²) < 4.78 is 39.7. The number of benzene rings is 1. The second-order valence-corrected chi connectivity index (χ2v) is 9.02. The normalized spacial score (nSPS) is 32.6. The van der Waals surface area contributed by atoms with E-state index in [2.05, 4.69) is 4.72 Å². The molecule has 2 unspecified atom stereocenters. The highest BCUT2D eigenvalue weighted by Gasteiger charge is 2.47. The first kappa shape index (κ1) is 17.9. The molecule has 8 heteroatoms. The molecule has 0 saturated carbocycles. The van der Waals surface area contributed by atoms with Gasteiger partial charge in [0.1, 0.15) is 12.1 Å². The quantitative estimate of drug-likeness (QED) is 0.743. The van der Waals surface area contributed by atoms with E-state index in [1.165, 1.54) is 0 Å². The smallest absolute Gasteiger partial charge is 0.225 e. The van der Waals surface area contributed by atoms with Crippen LogP contribution in [0.2, 0.25) is 0 Å². The van der Waals surface area contributed by atoms with E-state index >= 15 is 0 Å². The fraction of sp³-hybridized carbons (Fsp3) is 0.611. The largest absolute Gasteiger partial charge is 0.593 e. The minimum atomic E-state index is -3.69. The van der Waals surface area contributed by atoms with Crippen LogP contribution in [-0.4, -0.2) is 53.8 Å². The van der Waals surface area contributed by atoms with E-state index < -0.39 is 15.9 Å². The molecule has 0 bridgehead atoms. The van der Waals surface area contributed by atoms with Crippen molar-refractivity contribution in [1.82, 2.24) is 9.62 Å². The number of piperidine rings is 1. The van der Waals surface area contributed by atoms with Crippen molar-refractivity contribution in [3.63, 3.8) is 0 Å². The Morgan fingerprint density at radius 2 is 2.08 bits per heavy atom. The minimum Gasteiger partial charge on any atom is -0.593 e. The van der Waals surface area contributed by atoms with Gasteiger partial charge in [0.25, 0.3) is 0 Å². The molecule has 26 heavy (non-hydrogen) atoms. The molecule has 1 aromatic carbocycles. The number of ether oxygens (including phenoxy) is 2. The number of hydrogen-bond donors (Lipinski definition) is 1. The highest BCUT2D eigenvalue weighted by atomic mass is 32.3. The van der Waals surface area contributed by atoms with Gasteiger partial charge in [-0.2, -0.15) is 0 Å². The Balaban J connectivity index is 1.55. The summed E-state index contributed by atoms with van der Waals surface area (Å²) in [6, 6.07) is 6.65. The highest BCUT2D eigenvalue weighted by molar-refractivity contribution is 7.96. The van der Waals surface area contributed by atoms with Crippen molar-refractivity contribution in [2.45, 2.75) is 36.1 Å². The van der Waals surface area contributed by atoms with E-state index in [9.17, 15) is 13.6 Å². The molecular weight excluding hydrogens is 356 g/mol. The Kier molecular flexibility index (Phi) is 4.77. The molecule has 0 radical (unpaired) electrons. The zero-order valence-corrected chi connectivity index (χ0v) is 15.5. The lowest BCUT2D eigenvalue weighted by atomic mass is 9.89. The van der Waals surface area contributed by atoms with Crippen molar-refractivity contribution < 1.29 is 23.0 Å². The van der Waals surface area contributed by atoms with Crippen molar-refractivity contribution in [2.24, 2.45) is 5.92 Å². The Bertz CT molecular complexity index is 736. The molecule has 1 N–H and O–H groups in total. The lowest BCUT2D eigenvalue weighted by Gasteiger charge is -2.42. The number of carbonyl (C=O) groups excluding carboxylic acids is 1. The van der Waals surface area contributed by atoms with Crippen molar-refractivity contribution in [2.75, 3.05) is 32.9 Å². The predicted molar refractivity (Wildman–Crippen MR) is 94.3 cm³/mol. The van der Waals surface area contributed by atoms with Crippen molar-refractivity contribution in [1.29, 1.82) is 0 Å². The summed E-state index contributed by atoms with van der Waals surface area (Å²) >= 11 is 0. The van der Waals surface area contributed by atoms with Gasteiger partial charge in [0, 0.05) is 32.2 Å². The third-order valence-corrected chi connectivity index (χ3v) is 7.07. The number of carbonyl (C=O) groups is 1. The number of sulfonamides is 1. The number of nitrogens with one attached hydrogen (secondary N) is 1. The average molecular weight is 380 g/mol. The SMILES string of the molecule is O=C(C1CCOCC1)N1CCCC2(COc3ccccc3[S+](=O)([O-])N2)C1. The molecule has 0 aliphatic carbocycles. The summed E-state index contributed by atoms with van der Waals surface area (Å²) in [5, 5.41) is 0. The predicted octanol–water partition coefficient (Wildman–Crippen LogP) is 1.36. The number of likely N-dealkylation sites (tertiary alicyclic amines) is 1. The third kappa shape index (κ3) is 3.38. The Hall–Kier alpha value is -1.48. The molecule has 2 atom stereocenters. The van der Waals surface area contributed by atoms with E-state index in [1.807, 2.05) is 0 Å². The van der Waals surface area contributed by atoms with E-state index in [-0.39, 0.29) is 23.3 Å². The first-order valence-corrected chi connectivity index (χ1v) is 10.6. The number of amides is 1. The summed E-state index contributed by atoms with van der Waals surface area (Å²) in [6.07, 6.45) is 2.86. The number of fused-ring (bicyclic) bond motifs is 1. The van der Waals surface area contributed by atoms with Gasteiger partial charge in [-0.15, -0.1) is 4.72 Å². The topological polar surface area (TPSA) is 90.9 Å². The molecule has 1 amide bonds. The maximum Gasteiger partial charge on any atom is 0.225 e. The Morgan fingerprint density at radius 1 is 1.31 bits per heavy atom. The fourth-order valence-corrected chi connectivity index (χ4v) is 5.66. The first-order valence-electron chi connectivity index (χ1n) is 9.12. The van der Waals surface area contributed by atoms with E-state index in [1.54, 1.807) is 29.2 Å². The minimum absolute atomic E-state index is 0.0283. The van der Waals surface area contributed by atoms with Gasteiger partial charge < -0.3 is 18.9 Å². The van der Waals surface area contributed by atoms with Gasteiger partial charge in [0.15, 0.2) is 16.1 Å². The van der Waals surface area contributed by atoms with Crippen molar-refractivity contribution in [3.05, 3.63) is 24.3 Å². The molecule has 2 saturated heterocycles. The zero-order valence-electron chi connectivity index (χ0n) is 14.6. The number of hydrogen-bond acceptors (Lipinski definition) is 5. The van der Waals surface area contributed by atoms with E-state index in [0.29, 0.717) is 38.5 Å². The van der Waals surface area contributed by atoms with Crippen molar-refractivity contribution in [3.8, 4) is 5.75 Å². The summed E-state index contributed by atoms with van der Waals surface area (Å²) in [5.74, 6) is 0.442. The van der Waals surface area contributed by atoms with Gasteiger partial charge in [0.2, 0.25) is 10.8 Å². The molecule has 0 aromatic heterocycles. The first-order chi connectivity index (χ1) is 12.5. The van der Waals surface area contributed by atoms with Crippen LogP contribution >= 0.6 is 0 Å². The van der Waals surface area contributed by atoms with Crippen LogP contribution in [0.15, 0.2) is 29.2 Å². The lowest BCUT2D eigenvalue weighted by molar-refractivity contribution is -0.141. The van der Waals surface area contributed by atoms with E-state index in [0.717, 1.165) is 19.3 Å². The molecular formula is C18H24N2O5S. The van der Waals surface area contributed by atoms with Crippen LogP contribution in [0, 0.1) is 5.92 Å². The zero-order chi connectivity index (χ0) is 18.2. The molecule has 4 rings (SSSR count). The van der Waals surface area contributed by atoms with Gasteiger partial charge >= 0.3 is 0 Å². The molecule has 1 spiro atoms. The number of para-hydroxylation sites is 1. The van der Waals surface area contributed by atoms with Crippen LogP contribution in [0.3, 0.4) is 0 Å². The number of nitrogens with zero attached hydrogens (tertiary/aromatic N) is 1. The van der Waals surface area contributed by atoms with Crippen LogP contribution in [-0.2, 0) is 24.1 Å². The van der Waals surface area contributed by atoms with E-state index in [4.69, 9.17) is 9.47 Å². The molecule has 7 nitrogen and oxygen atoms in total. The molecule has 3 heterocycles. The molecule has 3 aliphatic rings. The summed E-state index contributed by atoms with van der Waals surface area (Å²) in [7, 11) is -3.69. The summed E-state index contributed by atoms with van der Waals surface area (Å²) in [5.41, 5.74) is -0.781. The van der Waals surface area contributed by atoms with Crippen LogP contribution in [0.4, 0.5) is 0 Å². The average Bonchev–Trinajstić information content (AvgIpc) is 2.76. The Labute approximate surface area is 154 Å². The monoisotopic (exact) mass is 380 g/mol. The van der Waals surface area contributed by atoms with Gasteiger partial charge in [0.05, 0.1) is 0 Å². The molecule has 2 fully saturated rings. The van der Waals surface area contributed by atoms with Crippen LogP contribution in [0.25, 0.3) is 0 Å². The standard InChI is InChI=1S/C18H24N2O5S/c21-17(14-6-10-24-11-7-14)20-9-3-8-18(12-20)13-25-15-4-1-2-5-16(15)26(22,23)19-18/h1-2,4-5,14H,3,6-13H2,(H-,19,22,23). The fourth-order valence-electron chi connectivity index (χ4n) is 4.10. The molecule has 3 aliphatic heterocycles. The second-order valence-electron chi connectivity index (χ2n) is 7.37. The maximum atomic E-state index is 12.9. The van der Waals surface area contributed by atoms with Crippen LogP contribution in [0.1, 0.15) is 25.7 Å². The lowest BCUT2D eigenvalue weighted by Crippen LogP contribution is -2.63. The highest BCUT2D eigenvalue weighted by Crippen LogP contribution is 2.35. The number of rotatable bonds is 1. The third-order valence-electron chi connectivity index (χ3n) is 5.45. The Morgan fingerprint density at radius 3 is 2.88 bits per heavy atom. The maximum absolute atomic E-state index is 12.9. The van der Waals surface area contributed by atoms with Gasteiger partial charge in [-0.3, -0.25) is 4.79 Å².